The van der Waals surface area contributed by atoms with Crippen molar-refractivity contribution < 1.29 is 0 Å². The minimum absolute atomic E-state index is 0.154. The fraction of sp³-hybridized carbons (Fsp3) is 0.500. The van der Waals surface area contributed by atoms with E-state index in [0.29, 0.717) is 0 Å². The summed E-state index contributed by atoms with van der Waals surface area (Å²) in [5.41, 5.74) is 0.154. The van der Waals surface area contributed by atoms with Gasteiger partial charge < -0.3 is 10.6 Å². The standard InChI is InChI=1S/C10H14BrN3/c1-10(4-5-12-7-10)14-9-3-2-8(11)6-13-9/h2-3,6,12H,4-5,7H2,1H3,(H,13,14). The van der Waals surface area contributed by atoms with E-state index >= 15 is 0 Å². The van der Waals surface area contributed by atoms with Crippen LogP contribution in [0.2, 0.25) is 0 Å². The fourth-order valence-corrected chi connectivity index (χ4v) is 1.92. The van der Waals surface area contributed by atoms with Crippen molar-refractivity contribution in [2.45, 2.75) is 18.9 Å². The SMILES string of the molecule is CC1(Nc2ccc(Br)cn2)CCNC1. The summed E-state index contributed by atoms with van der Waals surface area (Å²) in [7, 11) is 0. The average molecular weight is 256 g/mol. The Balaban J connectivity index is 2.06. The first kappa shape index (κ1) is 9.93. The van der Waals surface area contributed by atoms with E-state index in [-0.39, 0.29) is 5.54 Å². The highest BCUT2D eigenvalue weighted by Crippen LogP contribution is 2.20. The lowest BCUT2D eigenvalue weighted by atomic mass is 10.0. The fourth-order valence-electron chi connectivity index (χ4n) is 1.68. The first-order valence-corrected chi connectivity index (χ1v) is 5.58. The summed E-state index contributed by atoms with van der Waals surface area (Å²) in [6, 6.07) is 3.99. The van der Waals surface area contributed by atoms with Crippen molar-refractivity contribution in [2.75, 3.05) is 18.4 Å². The molecule has 1 atom stereocenters. The number of rotatable bonds is 2. The summed E-state index contributed by atoms with van der Waals surface area (Å²) in [4.78, 5) is 4.30. The Morgan fingerprint density at radius 1 is 1.57 bits per heavy atom. The van der Waals surface area contributed by atoms with E-state index in [9.17, 15) is 0 Å². The number of hydrogen-bond donors (Lipinski definition) is 2. The highest BCUT2D eigenvalue weighted by molar-refractivity contribution is 9.10. The predicted molar refractivity (Wildman–Crippen MR) is 61.5 cm³/mol. The average Bonchev–Trinajstić information content (AvgIpc) is 2.57. The Morgan fingerprint density at radius 3 is 3.00 bits per heavy atom. The van der Waals surface area contributed by atoms with Crippen molar-refractivity contribution in [2.24, 2.45) is 0 Å². The van der Waals surface area contributed by atoms with Crippen molar-refractivity contribution in [3.05, 3.63) is 22.8 Å². The maximum absolute atomic E-state index is 4.30. The summed E-state index contributed by atoms with van der Waals surface area (Å²) >= 11 is 3.37. The Labute approximate surface area is 92.4 Å². The zero-order chi connectivity index (χ0) is 10.0. The van der Waals surface area contributed by atoms with Gasteiger partial charge in [-0.15, -0.1) is 0 Å². The van der Waals surface area contributed by atoms with Gasteiger partial charge in [0.15, 0.2) is 0 Å². The lowest BCUT2D eigenvalue weighted by Crippen LogP contribution is -2.37. The molecule has 1 aromatic rings. The third-order valence-electron chi connectivity index (χ3n) is 2.53. The Kier molecular flexibility index (Phi) is 2.74. The number of hydrogen-bond acceptors (Lipinski definition) is 3. The van der Waals surface area contributed by atoms with E-state index in [4.69, 9.17) is 0 Å². The molecule has 0 aromatic carbocycles. The molecule has 2 N–H and O–H groups in total. The van der Waals surface area contributed by atoms with Gasteiger partial charge in [-0.05, 0) is 48.0 Å². The molecule has 14 heavy (non-hydrogen) atoms. The van der Waals surface area contributed by atoms with E-state index in [1.54, 1.807) is 0 Å². The van der Waals surface area contributed by atoms with Gasteiger partial charge in [-0.1, -0.05) is 0 Å². The van der Waals surface area contributed by atoms with E-state index in [0.717, 1.165) is 29.8 Å². The molecular formula is C10H14BrN3. The molecule has 0 amide bonds. The second kappa shape index (κ2) is 3.87. The van der Waals surface area contributed by atoms with Crippen LogP contribution in [0.15, 0.2) is 22.8 Å². The first-order valence-electron chi connectivity index (χ1n) is 4.78. The molecule has 4 heteroatoms. The van der Waals surface area contributed by atoms with Gasteiger partial charge in [0.2, 0.25) is 0 Å². The number of pyridine rings is 1. The third-order valence-corrected chi connectivity index (χ3v) is 3.00. The normalized spacial score (nSPS) is 26.4. The van der Waals surface area contributed by atoms with Gasteiger partial charge in [-0.2, -0.15) is 0 Å². The summed E-state index contributed by atoms with van der Waals surface area (Å²) in [5, 5.41) is 6.79. The van der Waals surface area contributed by atoms with E-state index in [1.165, 1.54) is 0 Å². The van der Waals surface area contributed by atoms with Crippen LogP contribution in [0.1, 0.15) is 13.3 Å². The van der Waals surface area contributed by atoms with Gasteiger partial charge in [0, 0.05) is 22.8 Å². The van der Waals surface area contributed by atoms with Crippen molar-refractivity contribution in [3.63, 3.8) is 0 Å². The maximum Gasteiger partial charge on any atom is 0.126 e. The van der Waals surface area contributed by atoms with Crippen LogP contribution in [-0.4, -0.2) is 23.6 Å². The zero-order valence-electron chi connectivity index (χ0n) is 8.18. The van der Waals surface area contributed by atoms with Crippen molar-refractivity contribution in [1.82, 2.24) is 10.3 Å². The van der Waals surface area contributed by atoms with Gasteiger partial charge in [-0.3, -0.25) is 0 Å². The molecule has 1 aliphatic rings. The monoisotopic (exact) mass is 255 g/mol. The zero-order valence-corrected chi connectivity index (χ0v) is 9.76. The maximum atomic E-state index is 4.30. The Bertz CT molecular complexity index is 304. The van der Waals surface area contributed by atoms with Crippen LogP contribution in [0.4, 0.5) is 5.82 Å². The predicted octanol–water partition coefficient (Wildman–Crippen LogP) is 2.01. The molecule has 0 saturated carbocycles. The molecule has 0 spiro atoms. The van der Waals surface area contributed by atoms with Crippen LogP contribution in [0.5, 0.6) is 0 Å². The molecule has 76 valence electrons. The minimum atomic E-state index is 0.154. The van der Waals surface area contributed by atoms with Crippen molar-refractivity contribution >= 4 is 21.7 Å². The lowest BCUT2D eigenvalue weighted by Gasteiger charge is -2.25. The largest absolute Gasteiger partial charge is 0.364 e. The van der Waals surface area contributed by atoms with Crippen LogP contribution in [0, 0.1) is 0 Å². The molecule has 1 aromatic heterocycles. The van der Waals surface area contributed by atoms with Gasteiger partial charge in [0.1, 0.15) is 5.82 Å². The highest BCUT2D eigenvalue weighted by atomic mass is 79.9. The number of aromatic nitrogens is 1. The van der Waals surface area contributed by atoms with E-state index < -0.39 is 0 Å². The molecule has 0 radical (unpaired) electrons. The highest BCUT2D eigenvalue weighted by Gasteiger charge is 2.28. The topological polar surface area (TPSA) is 37.0 Å². The molecule has 3 nitrogen and oxygen atoms in total. The molecule has 1 saturated heterocycles. The van der Waals surface area contributed by atoms with Gasteiger partial charge in [0.25, 0.3) is 0 Å². The van der Waals surface area contributed by atoms with Crippen LogP contribution in [0.25, 0.3) is 0 Å². The molecule has 0 aliphatic carbocycles. The molecular weight excluding hydrogens is 242 g/mol. The molecule has 1 fully saturated rings. The quantitative estimate of drug-likeness (QED) is 0.849. The number of anilines is 1. The number of nitrogens with one attached hydrogen (secondary N) is 2. The van der Waals surface area contributed by atoms with Crippen LogP contribution in [0.3, 0.4) is 0 Å². The van der Waals surface area contributed by atoms with Gasteiger partial charge in [-0.25, -0.2) is 4.98 Å². The summed E-state index contributed by atoms with van der Waals surface area (Å²) in [5.74, 6) is 0.944. The van der Waals surface area contributed by atoms with Crippen LogP contribution >= 0.6 is 15.9 Å². The molecule has 2 heterocycles. The Morgan fingerprint density at radius 2 is 2.43 bits per heavy atom. The lowest BCUT2D eigenvalue weighted by molar-refractivity contribution is 0.564. The summed E-state index contributed by atoms with van der Waals surface area (Å²) < 4.78 is 1.01. The first-order chi connectivity index (χ1) is 6.68. The van der Waals surface area contributed by atoms with Gasteiger partial charge >= 0.3 is 0 Å². The Hall–Kier alpha value is -0.610. The molecule has 1 aliphatic heterocycles. The third kappa shape index (κ3) is 2.25. The van der Waals surface area contributed by atoms with Crippen LogP contribution < -0.4 is 10.6 Å². The molecule has 1 unspecified atom stereocenters. The second-order valence-corrected chi connectivity index (χ2v) is 4.89. The second-order valence-electron chi connectivity index (χ2n) is 3.97. The van der Waals surface area contributed by atoms with Gasteiger partial charge in [0.05, 0.1) is 0 Å². The van der Waals surface area contributed by atoms with Crippen molar-refractivity contribution in [3.8, 4) is 0 Å². The van der Waals surface area contributed by atoms with E-state index in [1.807, 2.05) is 18.3 Å². The van der Waals surface area contributed by atoms with Crippen LogP contribution in [-0.2, 0) is 0 Å². The molecule has 2 rings (SSSR count). The van der Waals surface area contributed by atoms with Crippen molar-refractivity contribution in [1.29, 1.82) is 0 Å². The number of nitrogens with zero attached hydrogens (tertiary/aromatic N) is 1. The van der Waals surface area contributed by atoms with E-state index in [2.05, 4.69) is 38.5 Å². The number of halogens is 1. The molecule has 0 bridgehead atoms. The summed E-state index contributed by atoms with van der Waals surface area (Å²) in [6.07, 6.45) is 2.96. The smallest absolute Gasteiger partial charge is 0.126 e. The summed E-state index contributed by atoms with van der Waals surface area (Å²) in [6.45, 7) is 4.31. The minimum Gasteiger partial charge on any atom is -0.364 e.